The summed E-state index contributed by atoms with van der Waals surface area (Å²) < 4.78 is 28.6. The molecule has 1 saturated heterocycles. The maximum absolute atomic E-state index is 13.4. The van der Waals surface area contributed by atoms with Crippen LogP contribution in [0.1, 0.15) is 81.2 Å². The lowest BCUT2D eigenvalue weighted by molar-refractivity contribution is -0.138. The third kappa shape index (κ3) is 18.3. The number of carbonyl (C=O) groups is 3. The summed E-state index contributed by atoms with van der Waals surface area (Å²) in [6.45, 7) is 21.8. The van der Waals surface area contributed by atoms with Crippen LogP contribution in [0.5, 0.6) is 0 Å². The molecule has 0 N–H and O–H groups in total. The van der Waals surface area contributed by atoms with Gasteiger partial charge < -0.3 is 24.0 Å². The summed E-state index contributed by atoms with van der Waals surface area (Å²) in [6.07, 6.45) is 0.231. The van der Waals surface area contributed by atoms with Gasteiger partial charge in [0.05, 0.1) is 13.2 Å². The van der Waals surface area contributed by atoms with Crippen molar-refractivity contribution >= 4 is 24.5 Å². The Labute approximate surface area is 236 Å². The number of alkyl halides is 1. The van der Waals surface area contributed by atoms with E-state index in [9.17, 15) is 18.8 Å². The summed E-state index contributed by atoms with van der Waals surface area (Å²) in [7, 11) is 1.63. The molecule has 1 aromatic rings. The number of halogens is 1. The van der Waals surface area contributed by atoms with Crippen molar-refractivity contribution in [3.63, 3.8) is 0 Å². The van der Waals surface area contributed by atoms with Gasteiger partial charge in [-0.15, -0.1) is 0 Å². The van der Waals surface area contributed by atoms with E-state index in [2.05, 4.69) is 9.64 Å². The van der Waals surface area contributed by atoms with E-state index in [1.165, 1.54) is 18.7 Å². The average Bonchev–Trinajstić information content (AvgIpc) is 2.89. The molecule has 1 aliphatic rings. The van der Waals surface area contributed by atoms with Crippen molar-refractivity contribution in [2.75, 3.05) is 38.3 Å². The number of hydrogen-bond donors (Lipinski definition) is 0. The average molecular weight is 557 g/mol. The van der Waals surface area contributed by atoms with E-state index in [1.807, 2.05) is 79.7 Å². The Bertz CT molecular complexity index is 784. The van der Waals surface area contributed by atoms with E-state index >= 15 is 0 Å². The summed E-state index contributed by atoms with van der Waals surface area (Å²) in [6, 6.07) is 7.76. The second-order valence-electron chi connectivity index (χ2n) is 10.2. The monoisotopic (exact) mass is 556 g/mol. The van der Waals surface area contributed by atoms with Crippen LogP contribution < -0.4 is 4.90 Å². The van der Waals surface area contributed by atoms with Gasteiger partial charge in [-0.2, -0.15) is 0 Å². The Morgan fingerprint density at radius 1 is 1.05 bits per heavy atom. The van der Waals surface area contributed by atoms with Crippen LogP contribution in [0.4, 0.5) is 14.9 Å². The number of anilines is 1. The second-order valence-corrected chi connectivity index (χ2v) is 10.2. The molecule has 226 valence electrons. The van der Waals surface area contributed by atoms with Crippen LogP contribution in [0, 0.1) is 0 Å². The van der Waals surface area contributed by atoms with E-state index in [0.29, 0.717) is 25.6 Å². The van der Waals surface area contributed by atoms with Gasteiger partial charge in [-0.3, -0.25) is 9.59 Å². The van der Waals surface area contributed by atoms with Gasteiger partial charge in [0.1, 0.15) is 11.3 Å². The van der Waals surface area contributed by atoms with Crippen LogP contribution in [0.3, 0.4) is 0 Å². The SMILES string of the molecule is CC.CC.CC(CC(C)(C)F)N(C)C(=O)OC(C)(C)C.O=COC(C=O)Cc1ccc(N2CCOCC2)cc1. The predicted molar refractivity (Wildman–Crippen MR) is 156 cm³/mol. The molecule has 0 bridgehead atoms. The molecule has 1 fully saturated rings. The van der Waals surface area contributed by atoms with Crippen molar-refractivity contribution in [1.29, 1.82) is 0 Å². The van der Waals surface area contributed by atoms with E-state index in [0.717, 1.165) is 37.6 Å². The quantitative estimate of drug-likeness (QED) is 0.333. The zero-order chi connectivity index (χ0) is 30.6. The molecule has 0 saturated carbocycles. The molecule has 9 heteroatoms. The molecule has 1 aromatic carbocycles. The fourth-order valence-corrected chi connectivity index (χ4v) is 3.45. The summed E-state index contributed by atoms with van der Waals surface area (Å²) in [5.41, 5.74) is 0.313. The van der Waals surface area contributed by atoms with Gasteiger partial charge in [-0.1, -0.05) is 39.8 Å². The second kappa shape index (κ2) is 20.3. The molecule has 8 nitrogen and oxygen atoms in total. The van der Waals surface area contributed by atoms with Crippen molar-refractivity contribution in [2.24, 2.45) is 0 Å². The molecule has 2 rings (SSSR count). The fourth-order valence-electron chi connectivity index (χ4n) is 3.45. The smallest absolute Gasteiger partial charge is 0.410 e. The first-order valence-electron chi connectivity index (χ1n) is 13.9. The van der Waals surface area contributed by atoms with Crippen LogP contribution in [-0.2, 0) is 30.2 Å². The Kier molecular flexibility index (Phi) is 20.0. The summed E-state index contributed by atoms with van der Waals surface area (Å²) in [4.78, 5) is 36.3. The number of benzene rings is 1. The lowest BCUT2D eigenvalue weighted by atomic mass is 10.0. The van der Waals surface area contributed by atoms with Crippen LogP contribution in [-0.4, -0.2) is 80.5 Å². The van der Waals surface area contributed by atoms with Crippen LogP contribution in [0.15, 0.2) is 24.3 Å². The number of nitrogens with zero attached hydrogens (tertiary/aromatic N) is 2. The Balaban J connectivity index is 0. The number of ether oxygens (including phenoxy) is 3. The number of amides is 1. The molecule has 1 aliphatic heterocycles. The molecule has 0 aromatic heterocycles. The minimum absolute atomic E-state index is 0.185. The van der Waals surface area contributed by atoms with Gasteiger partial charge in [-0.25, -0.2) is 9.18 Å². The van der Waals surface area contributed by atoms with Crippen LogP contribution in [0.2, 0.25) is 0 Å². The van der Waals surface area contributed by atoms with Gasteiger partial charge in [-0.05, 0) is 59.2 Å². The highest BCUT2D eigenvalue weighted by Crippen LogP contribution is 2.20. The Hall–Kier alpha value is -2.68. The van der Waals surface area contributed by atoms with Crippen molar-refractivity contribution < 1.29 is 33.0 Å². The third-order valence-corrected chi connectivity index (χ3v) is 5.26. The molecule has 2 atom stereocenters. The van der Waals surface area contributed by atoms with Gasteiger partial charge in [0, 0.05) is 44.7 Å². The largest absolute Gasteiger partial charge is 0.457 e. The van der Waals surface area contributed by atoms with Crippen molar-refractivity contribution in [3.8, 4) is 0 Å². The molecule has 1 amide bonds. The number of carbonyl (C=O) groups excluding carboxylic acids is 3. The molecule has 39 heavy (non-hydrogen) atoms. The number of rotatable bonds is 9. The van der Waals surface area contributed by atoms with E-state index in [-0.39, 0.29) is 6.04 Å². The first kappa shape index (κ1) is 38.5. The lowest BCUT2D eigenvalue weighted by Gasteiger charge is -2.30. The van der Waals surface area contributed by atoms with Gasteiger partial charge >= 0.3 is 6.09 Å². The number of aldehydes is 1. The van der Waals surface area contributed by atoms with Crippen molar-refractivity contribution in [3.05, 3.63) is 29.8 Å². The maximum atomic E-state index is 13.4. The van der Waals surface area contributed by atoms with Crippen LogP contribution in [0.25, 0.3) is 0 Å². The lowest BCUT2D eigenvalue weighted by Crippen LogP contribution is -2.41. The zero-order valence-corrected chi connectivity index (χ0v) is 26.1. The predicted octanol–water partition coefficient (Wildman–Crippen LogP) is 6.24. The molecule has 0 spiro atoms. The molecular weight excluding hydrogens is 503 g/mol. The molecule has 2 unspecified atom stereocenters. The summed E-state index contributed by atoms with van der Waals surface area (Å²) in [5.74, 6) is 0. The van der Waals surface area contributed by atoms with E-state index < -0.39 is 23.5 Å². The number of hydrogen-bond acceptors (Lipinski definition) is 7. The Morgan fingerprint density at radius 3 is 1.97 bits per heavy atom. The highest BCUT2D eigenvalue weighted by molar-refractivity contribution is 5.68. The normalized spacial score (nSPS) is 14.4. The maximum Gasteiger partial charge on any atom is 0.410 e. The first-order chi connectivity index (χ1) is 18.3. The van der Waals surface area contributed by atoms with Gasteiger partial charge in [0.25, 0.3) is 6.47 Å². The van der Waals surface area contributed by atoms with Crippen molar-refractivity contribution in [2.45, 2.75) is 105 Å². The molecule has 0 aliphatic carbocycles. The highest BCUT2D eigenvalue weighted by Gasteiger charge is 2.27. The first-order valence-corrected chi connectivity index (χ1v) is 13.9. The summed E-state index contributed by atoms with van der Waals surface area (Å²) in [5, 5.41) is 0. The fraction of sp³-hybridized carbons (Fsp3) is 0.700. The third-order valence-electron chi connectivity index (χ3n) is 5.26. The molecule has 1 heterocycles. The standard InChI is InChI=1S/C14H17NO4.C12H24FNO2.2C2H6/c16-10-14(19-11-17)9-12-1-3-13(4-2-12)15-5-7-18-8-6-15;1-9(8-12(5,6)13)14(7)10(15)16-11(2,3)4;2*1-2/h1-4,10-11,14H,5-9H2;9H,8H2,1-7H3;2*1-2H3. The number of morpholine rings is 1. The van der Waals surface area contributed by atoms with Crippen molar-refractivity contribution in [1.82, 2.24) is 4.90 Å². The topological polar surface area (TPSA) is 85.4 Å². The van der Waals surface area contributed by atoms with Gasteiger partial charge in [0.2, 0.25) is 0 Å². The minimum Gasteiger partial charge on any atom is -0.457 e. The summed E-state index contributed by atoms with van der Waals surface area (Å²) >= 11 is 0. The molecular formula is C30H53FN2O6. The highest BCUT2D eigenvalue weighted by atomic mass is 19.1. The zero-order valence-electron chi connectivity index (χ0n) is 26.1. The molecule has 0 radical (unpaired) electrons. The van der Waals surface area contributed by atoms with Gasteiger partial charge in [0.15, 0.2) is 12.4 Å². The Morgan fingerprint density at radius 2 is 1.56 bits per heavy atom. The van der Waals surface area contributed by atoms with Crippen LogP contribution >= 0.6 is 0 Å². The van der Waals surface area contributed by atoms with E-state index in [4.69, 9.17) is 9.47 Å². The minimum atomic E-state index is -1.28. The van der Waals surface area contributed by atoms with E-state index in [1.54, 1.807) is 7.05 Å².